The number of para-hydroxylation sites is 1. The summed E-state index contributed by atoms with van der Waals surface area (Å²) in [6.07, 6.45) is 2.33. The first-order chi connectivity index (χ1) is 14.9. The van der Waals surface area contributed by atoms with Gasteiger partial charge in [0.2, 0.25) is 5.91 Å². The average molecular weight is 465 g/mol. The standard InChI is InChI=1S/C24H30Cl2N2O3/c1-4-6-13-27-24(30)21(5-2)28(15-18-11-12-19(25)14-20(18)26)23(29)16-31-22-10-8-7-9-17(22)3/h7-12,14,21H,4-6,13,15-16H2,1-3H3,(H,27,30). The van der Waals surface area contributed by atoms with E-state index in [0.29, 0.717) is 28.8 Å². The number of nitrogens with zero attached hydrogens (tertiary/aromatic N) is 1. The van der Waals surface area contributed by atoms with Crippen molar-refractivity contribution in [1.82, 2.24) is 10.2 Å². The topological polar surface area (TPSA) is 58.6 Å². The third-order valence-corrected chi connectivity index (χ3v) is 5.60. The molecule has 0 saturated heterocycles. The van der Waals surface area contributed by atoms with Crippen LogP contribution in [0.5, 0.6) is 5.75 Å². The van der Waals surface area contributed by atoms with Crippen molar-refractivity contribution in [2.45, 2.75) is 52.6 Å². The highest BCUT2D eigenvalue weighted by Gasteiger charge is 2.29. The summed E-state index contributed by atoms with van der Waals surface area (Å²) >= 11 is 12.4. The van der Waals surface area contributed by atoms with E-state index in [1.54, 1.807) is 18.2 Å². The molecule has 0 aromatic heterocycles. The number of nitrogens with one attached hydrogen (secondary N) is 1. The Morgan fingerprint density at radius 1 is 1.13 bits per heavy atom. The molecule has 0 heterocycles. The van der Waals surface area contributed by atoms with Crippen LogP contribution in [0.4, 0.5) is 0 Å². The summed E-state index contributed by atoms with van der Waals surface area (Å²) in [4.78, 5) is 27.6. The van der Waals surface area contributed by atoms with E-state index < -0.39 is 6.04 Å². The minimum Gasteiger partial charge on any atom is -0.484 e. The van der Waals surface area contributed by atoms with Gasteiger partial charge in [0.15, 0.2) is 6.61 Å². The third kappa shape index (κ3) is 7.44. The number of benzene rings is 2. The van der Waals surface area contributed by atoms with Gasteiger partial charge in [0.05, 0.1) is 0 Å². The van der Waals surface area contributed by atoms with Crippen LogP contribution in [-0.2, 0) is 16.1 Å². The summed E-state index contributed by atoms with van der Waals surface area (Å²) in [5.74, 6) is 0.179. The van der Waals surface area contributed by atoms with Crippen LogP contribution in [0, 0.1) is 6.92 Å². The van der Waals surface area contributed by atoms with Gasteiger partial charge in [-0.1, -0.05) is 67.7 Å². The Morgan fingerprint density at radius 3 is 2.52 bits per heavy atom. The Kier molecular flexibility index (Phi) is 10.2. The van der Waals surface area contributed by atoms with Crippen LogP contribution in [0.3, 0.4) is 0 Å². The summed E-state index contributed by atoms with van der Waals surface area (Å²) in [6, 6.07) is 12.0. The van der Waals surface area contributed by atoms with Crippen LogP contribution < -0.4 is 10.1 Å². The molecular weight excluding hydrogens is 435 g/mol. The third-order valence-electron chi connectivity index (χ3n) is 5.02. The molecule has 168 valence electrons. The van der Waals surface area contributed by atoms with E-state index in [-0.39, 0.29) is 25.0 Å². The van der Waals surface area contributed by atoms with Gasteiger partial charge in [0.25, 0.3) is 5.91 Å². The van der Waals surface area contributed by atoms with Gasteiger partial charge in [-0.2, -0.15) is 0 Å². The molecule has 0 bridgehead atoms. The number of rotatable bonds is 11. The van der Waals surface area contributed by atoms with E-state index in [4.69, 9.17) is 27.9 Å². The molecule has 1 unspecified atom stereocenters. The van der Waals surface area contributed by atoms with Gasteiger partial charge in [-0.25, -0.2) is 0 Å². The van der Waals surface area contributed by atoms with E-state index in [9.17, 15) is 9.59 Å². The van der Waals surface area contributed by atoms with Gasteiger partial charge in [-0.3, -0.25) is 9.59 Å². The predicted molar refractivity (Wildman–Crippen MR) is 126 cm³/mol. The highest BCUT2D eigenvalue weighted by atomic mass is 35.5. The number of halogens is 2. The Morgan fingerprint density at radius 2 is 1.87 bits per heavy atom. The zero-order valence-corrected chi connectivity index (χ0v) is 19.8. The van der Waals surface area contributed by atoms with Gasteiger partial charge in [-0.15, -0.1) is 0 Å². The highest BCUT2D eigenvalue weighted by molar-refractivity contribution is 6.35. The fourth-order valence-corrected chi connectivity index (χ4v) is 3.67. The molecule has 2 aromatic rings. The fourth-order valence-electron chi connectivity index (χ4n) is 3.20. The largest absolute Gasteiger partial charge is 0.484 e. The Bertz CT molecular complexity index is 889. The van der Waals surface area contributed by atoms with Crippen LogP contribution >= 0.6 is 23.2 Å². The number of unbranched alkanes of at least 4 members (excludes halogenated alkanes) is 1. The molecule has 1 atom stereocenters. The number of amides is 2. The van der Waals surface area contributed by atoms with E-state index in [1.807, 2.05) is 38.1 Å². The summed E-state index contributed by atoms with van der Waals surface area (Å²) in [5, 5.41) is 3.90. The molecular formula is C24H30Cl2N2O3. The van der Waals surface area contributed by atoms with Crippen molar-refractivity contribution >= 4 is 35.0 Å². The molecule has 2 amide bonds. The van der Waals surface area contributed by atoms with Crippen molar-refractivity contribution in [2.24, 2.45) is 0 Å². The monoisotopic (exact) mass is 464 g/mol. The van der Waals surface area contributed by atoms with E-state index >= 15 is 0 Å². The SMILES string of the molecule is CCCCNC(=O)C(CC)N(Cc1ccc(Cl)cc1Cl)C(=O)COc1ccccc1C. The molecule has 0 radical (unpaired) electrons. The first kappa shape index (κ1) is 25.0. The zero-order valence-electron chi connectivity index (χ0n) is 18.3. The van der Waals surface area contributed by atoms with Crippen LogP contribution in [0.2, 0.25) is 10.0 Å². The molecule has 2 rings (SSSR count). The van der Waals surface area contributed by atoms with E-state index in [2.05, 4.69) is 12.2 Å². The molecule has 31 heavy (non-hydrogen) atoms. The number of ether oxygens (including phenoxy) is 1. The summed E-state index contributed by atoms with van der Waals surface area (Å²) in [6.45, 7) is 6.46. The second-order valence-electron chi connectivity index (χ2n) is 7.38. The normalized spacial score (nSPS) is 11.6. The quantitative estimate of drug-likeness (QED) is 0.452. The van der Waals surface area contributed by atoms with Gasteiger partial charge < -0.3 is 15.0 Å². The van der Waals surface area contributed by atoms with Gasteiger partial charge >= 0.3 is 0 Å². The van der Waals surface area contributed by atoms with E-state index in [1.165, 1.54) is 4.90 Å². The molecule has 0 fully saturated rings. The lowest BCUT2D eigenvalue weighted by Gasteiger charge is -2.31. The predicted octanol–water partition coefficient (Wildman–Crippen LogP) is 5.40. The van der Waals surface area contributed by atoms with Gasteiger partial charge in [-0.05, 0) is 49.1 Å². The van der Waals surface area contributed by atoms with Crippen molar-refractivity contribution in [1.29, 1.82) is 0 Å². The lowest BCUT2D eigenvalue weighted by molar-refractivity contribution is -0.143. The van der Waals surface area contributed by atoms with Crippen molar-refractivity contribution < 1.29 is 14.3 Å². The van der Waals surface area contributed by atoms with E-state index in [0.717, 1.165) is 24.0 Å². The molecule has 0 saturated carbocycles. The minimum atomic E-state index is -0.628. The second-order valence-corrected chi connectivity index (χ2v) is 8.22. The zero-order chi connectivity index (χ0) is 22.8. The molecule has 7 heteroatoms. The molecule has 5 nitrogen and oxygen atoms in total. The maximum Gasteiger partial charge on any atom is 0.261 e. The average Bonchev–Trinajstić information content (AvgIpc) is 2.74. The lowest BCUT2D eigenvalue weighted by atomic mass is 10.1. The fraction of sp³-hybridized carbons (Fsp3) is 0.417. The summed E-state index contributed by atoms with van der Waals surface area (Å²) in [5.41, 5.74) is 1.65. The smallest absolute Gasteiger partial charge is 0.261 e. The van der Waals surface area contributed by atoms with Crippen molar-refractivity contribution in [3.05, 3.63) is 63.6 Å². The maximum atomic E-state index is 13.2. The molecule has 0 aliphatic rings. The number of aryl methyl sites for hydroxylation is 1. The van der Waals surface area contributed by atoms with Crippen LogP contribution in [0.1, 0.15) is 44.2 Å². The highest BCUT2D eigenvalue weighted by Crippen LogP contribution is 2.24. The van der Waals surface area contributed by atoms with Crippen molar-refractivity contribution in [3.8, 4) is 5.75 Å². The van der Waals surface area contributed by atoms with Gasteiger partial charge in [0, 0.05) is 23.1 Å². The lowest BCUT2D eigenvalue weighted by Crippen LogP contribution is -2.50. The van der Waals surface area contributed by atoms with Gasteiger partial charge in [0.1, 0.15) is 11.8 Å². The van der Waals surface area contributed by atoms with Crippen LogP contribution in [0.15, 0.2) is 42.5 Å². The molecule has 0 aliphatic heterocycles. The molecule has 0 spiro atoms. The first-order valence-electron chi connectivity index (χ1n) is 10.6. The summed E-state index contributed by atoms with van der Waals surface area (Å²) in [7, 11) is 0. The molecule has 1 N–H and O–H groups in total. The van der Waals surface area contributed by atoms with Crippen LogP contribution in [-0.4, -0.2) is 35.9 Å². The Hall–Kier alpha value is -2.24. The second kappa shape index (κ2) is 12.6. The first-order valence-corrected chi connectivity index (χ1v) is 11.3. The number of carbonyl (C=O) groups excluding carboxylic acids is 2. The number of hydrogen-bond donors (Lipinski definition) is 1. The Labute approximate surface area is 194 Å². The maximum absolute atomic E-state index is 13.2. The molecule has 2 aromatic carbocycles. The Balaban J connectivity index is 2.23. The molecule has 0 aliphatic carbocycles. The van der Waals surface area contributed by atoms with Crippen molar-refractivity contribution in [2.75, 3.05) is 13.2 Å². The number of hydrogen-bond acceptors (Lipinski definition) is 3. The summed E-state index contributed by atoms with van der Waals surface area (Å²) < 4.78 is 5.76. The minimum absolute atomic E-state index is 0.172. The number of carbonyl (C=O) groups is 2. The van der Waals surface area contributed by atoms with Crippen molar-refractivity contribution in [3.63, 3.8) is 0 Å². The van der Waals surface area contributed by atoms with Crippen LogP contribution in [0.25, 0.3) is 0 Å².